The summed E-state index contributed by atoms with van der Waals surface area (Å²) in [6.45, 7) is 3.74. The second-order valence-corrected chi connectivity index (χ2v) is 5.96. The fourth-order valence-corrected chi connectivity index (χ4v) is 2.56. The van der Waals surface area contributed by atoms with E-state index in [4.69, 9.17) is 16.3 Å². The molecule has 1 atom stereocenters. The van der Waals surface area contributed by atoms with E-state index >= 15 is 0 Å². The Hall–Kier alpha value is -1.83. The maximum Gasteiger partial charge on any atom is 0.322 e. The molecular formula is C16H22ClN3O4. The Balaban J connectivity index is 2.00. The normalized spacial score (nSPS) is 18.0. The number of carbonyl (C=O) groups is 2. The summed E-state index contributed by atoms with van der Waals surface area (Å²) in [6, 6.07) is 4.38. The number of amides is 3. The van der Waals surface area contributed by atoms with Gasteiger partial charge in [-0.15, -0.1) is 0 Å². The Morgan fingerprint density at radius 2 is 2.25 bits per heavy atom. The number of rotatable bonds is 4. The van der Waals surface area contributed by atoms with Crippen LogP contribution in [0.2, 0.25) is 5.02 Å². The monoisotopic (exact) mass is 355 g/mol. The second kappa shape index (κ2) is 8.86. The number of β-amino-alcohol motifs (C(OH)–C–C–N with tert-alkyl or cyclic N) is 1. The number of ether oxygens (including phenoxy) is 1. The van der Waals surface area contributed by atoms with E-state index in [2.05, 4.69) is 10.6 Å². The number of carbonyl (C=O) groups excluding carboxylic acids is 2. The average molecular weight is 356 g/mol. The van der Waals surface area contributed by atoms with E-state index in [0.29, 0.717) is 30.9 Å². The number of hydrogen-bond donors (Lipinski definition) is 3. The summed E-state index contributed by atoms with van der Waals surface area (Å²) >= 11 is 6.14. The molecule has 24 heavy (non-hydrogen) atoms. The highest BCUT2D eigenvalue weighted by atomic mass is 35.5. The van der Waals surface area contributed by atoms with Crippen molar-refractivity contribution < 1.29 is 19.4 Å². The minimum atomic E-state index is -0.702. The summed E-state index contributed by atoms with van der Waals surface area (Å²) in [6.07, 6.45) is 0.134. The van der Waals surface area contributed by atoms with Crippen molar-refractivity contribution in [2.75, 3.05) is 38.2 Å². The quantitative estimate of drug-likeness (QED) is 0.766. The second-order valence-electron chi connectivity index (χ2n) is 5.56. The van der Waals surface area contributed by atoms with Crippen LogP contribution in [0.25, 0.3) is 0 Å². The predicted octanol–water partition coefficient (Wildman–Crippen LogP) is 1.70. The molecule has 2 rings (SSSR count). The maximum atomic E-state index is 12.3. The number of nitrogens with one attached hydrogen (secondary N) is 2. The molecule has 1 fully saturated rings. The van der Waals surface area contributed by atoms with E-state index < -0.39 is 6.10 Å². The molecule has 1 aromatic rings. The third-order valence-electron chi connectivity index (χ3n) is 3.53. The maximum absolute atomic E-state index is 12.3. The first-order valence-corrected chi connectivity index (χ1v) is 8.28. The molecule has 132 valence electrons. The van der Waals surface area contributed by atoms with Crippen molar-refractivity contribution in [2.45, 2.75) is 19.4 Å². The van der Waals surface area contributed by atoms with Crippen molar-refractivity contribution >= 4 is 29.2 Å². The molecule has 1 saturated heterocycles. The van der Waals surface area contributed by atoms with Crippen molar-refractivity contribution in [3.63, 3.8) is 0 Å². The molecule has 0 aromatic heterocycles. The van der Waals surface area contributed by atoms with Crippen LogP contribution in [-0.4, -0.2) is 60.9 Å². The van der Waals surface area contributed by atoms with Crippen LogP contribution in [0.5, 0.6) is 0 Å². The van der Waals surface area contributed by atoms with E-state index in [9.17, 15) is 14.7 Å². The lowest BCUT2D eigenvalue weighted by molar-refractivity contribution is 0.0575. The molecule has 1 aliphatic rings. The molecule has 0 radical (unpaired) electrons. The molecule has 1 aromatic carbocycles. The van der Waals surface area contributed by atoms with Crippen molar-refractivity contribution in [3.8, 4) is 0 Å². The third-order valence-corrected chi connectivity index (χ3v) is 3.85. The first-order valence-electron chi connectivity index (χ1n) is 7.90. The van der Waals surface area contributed by atoms with Crippen molar-refractivity contribution in [1.29, 1.82) is 0 Å². The zero-order valence-corrected chi connectivity index (χ0v) is 14.3. The van der Waals surface area contributed by atoms with Gasteiger partial charge < -0.3 is 25.4 Å². The van der Waals surface area contributed by atoms with Crippen molar-refractivity contribution in [1.82, 2.24) is 10.2 Å². The number of anilines is 1. The third kappa shape index (κ3) is 5.09. The lowest BCUT2D eigenvalue weighted by Crippen LogP contribution is -2.40. The van der Waals surface area contributed by atoms with Gasteiger partial charge in [0.15, 0.2) is 0 Å². The van der Waals surface area contributed by atoms with E-state index in [1.54, 1.807) is 12.1 Å². The number of halogens is 1. The largest absolute Gasteiger partial charge is 0.389 e. The Labute approximate surface area is 145 Å². The van der Waals surface area contributed by atoms with Gasteiger partial charge in [-0.05, 0) is 24.6 Å². The molecule has 0 spiro atoms. The van der Waals surface area contributed by atoms with E-state index in [0.717, 1.165) is 6.42 Å². The van der Waals surface area contributed by atoms with Gasteiger partial charge in [0, 0.05) is 18.8 Å². The van der Waals surface area contributed by atoms with Crippen LogP contribution in [0.3, 0.4) is 0 Å². The van der Waals surface area contributed by atoms with Gasteiger partial charge in [0.25, 0.3) is 5.91 Å². The molecule has 7 nitrogen and oxygen atoms in total. The van der Waals surface area contributed by atoms with Gasteiger partial charge in [-0.3, -0.25) is 4.79 Å². The molecule has 3 amide bonds. The lowest BCUT2D eigenvalue weighted by Gasteiger charge is -2.22. The molecule has 1 heterocycles. The number of aliphatic hydroxyl groups is 1. The van der Waals surface area contributed by atoms with E-state index in [-0.39, 0.29) is 30.1 Å². The molecule has 0 saturated carbocycles. The highest BCUT2D eigenvalue weighted by Crippen LogP contribution is 2.21. The summed E-state index contributed by atoms with van der Waals surface area (Å²) in [5, 5.41) is 15.4. The molecule has 1 unspecified atom stereocenters. The average Bonchev–Trinajstić information content (AvgIpc) is 2.77. The van der Waals surface area contributed by atoms with Gasteiger partial charge in [-0.25, -0.2) is 4.79 Å². The number of hydrogen-bond acceptors (Lipinski definition) is 4. The van der Waals surface area contributed by atoms with Gasteiger partial charge >= 0.3 is 6.03 Å². The summed E-state index contributed by atoms with van der Waals surface area (Å²) in [5.74, 6) is -0.243. The van der Waals surface area contributed by atoms with Gasteiger partial charge in [-0.2, -0.15) is 0 Å². The Kier molecular flexibility index (Phi) is 6.84. The zero-order chi connectivity index (χ0) is 17.5. The van der Waals surface area contributed by atoms with Crippen LogP contribution < -0.4 is 10.6 Å². The highest BCUT2D eigenvalue weighted by molar-refractivity contribution is 6.34. The lowest BCUT2D eigenvalue weighted by atomic mass is 10.2. The Bertz CT molecular complexity index is 597. The minimum Gasteiger partial charge on any atom is -0.389 e. The van der Waals surface area contributed by atoms with Crippen LogP contribution in [0.4, 0.5) is 10.5 Å². The molecule has 0 aliphatic carbocycles. The first kappa shape index (κ1) is 18.5. The molecule has 8 heteroatoms. The summed E-state index contributed by atoms with van der Waals surface area (Å²) < 4.78 is 5.19. The van der Waals surface area contributed by atoms with Gasteiger partial charge in [0.2, 0.25) is 0 Å². The smallest absolute Gasteiger partial charge is 0.322 e. The molecule has 1 aliphatic heterocycles. The Morgan fingerprint density at radius 1 is 1.46 bits per heavy atom. The zero-order valence-electron chi connectivity index (χ0n) is 13.5. The summed E-state index contributed by atoms with van der Waals surface area (Å²) in [4.78, 5) is 25.7. The van der Waals surface area contributed by atoms with Crippen LogP contribution in [0.1, 0.15) is 23.7 Å². The number of benzene rings is 1. The number of aliphatic hydroxyl groups excluding tert-OH is 1. The van der Waals surface area contributed by atoms with Crippen LogP contribution in [0.15, 0.2) is 18.2 Å². The van der Waals surface area contributed by atoms with Crippen LogP contribution in [0, 0.1) is 0 Å². The summed E-state index contributed by atoms with van der Waals surface area (Å²) in [7, 11) is 0. The van der Waals surface area contributed by atoms with Gasteiger partial charge in [0.05, 0.1) is 36.4 Å². The van der Waals surface area contributed by atoms with Gasteiger partial charge in [0.1, 0.15) is 0 Å². The number of nitrogens with zero attached hydrogens (tertiary/aromatic N) is 1. The van der Waals surface area contributed by atoms with Crippen LogP contribution >= 0.6 is 11.6 Å². The Morgan fingerprint density at radius 3 is 2.96 bits per heavy atom. The van der Waals surface area contributed by atoms with Crippen molar-refractivity contribution in [2.24, 2.45) is 0 Å². The minimum absolute atomic E-state index is 0.205. The molecule has 3 N–H and O–H groups in total. The highest BCUT2D eigenvalue weighted by Gasteiger charge is 2.21. The molecular weight excluding hydrogens is 334 g/mol. The fraction of sp³-hybridized carbons (Fsp3) is 0.500. The van der Waals surface area contributed by atoms with E-state index in [1.807, 2.05) is 6.92 Å². The predicted molar refractivity (Wildman–Crippen MR) is 91.5 cm³/mol. The van der Waals surface area contributed by atoms with Crippen molar-refractivity contribution in [3.05, 3.63) is 28.8 Å². The first-order chi connectivity index (χ1) is 11.5. The SMILES string of the molecule is CCCNC(=O)c1ccc(NC(=O)N2CCOCC(O)C2)cc1Cl. The van der Waals surface area contributed by atoms with Gasteiger partial charge in [-0.1, -0.05) is 18.5 Å². The molecule has 0 bridgehead atoms. The van der Waals surface area contributed by atoms with Crippen LogP contribution in [-0.2, 0) is 4.74 Å². The summed E-state index contributed by atoms with van der Waals surface area (Å²) in [5.41, 5.74) is 0.846. The van der Waals surface area contributed by atoms with E-state index in [1.165, 1.54) is 11.0 Å². The number of urea groups is 1. The topological polar surface area (TPSA) is 90.9 Å². The standard InChI is InChI=1S/C16H22ClN3O4/c1-2-5-18-15(22)13-4-3-11(8-14(13)17)19-16(23)20-6-7-24-10-12(21)9-20/h3-4,8,12,21H,2,5-7,9-10H2,1H3,(H,18,22)(H,19,23). The fourth-order valence-electron chi connectivity index (χ4n) is 2.29.